The van der Waals surface area contributed by atoms with Crippen LogP contribution in [0.15, 0.2) is 28.1 Å². The van der Waals surface area contributed by atoms with Crippen LogP contribution < -0.4 is 15.7 Å². The number of aromatic hydroxyl groups is 1. The number of aromatic amines is 2. The summed E-state index contributed by atoms with van der Waals surface area (Å²) < 4.78 is 5.10. The van der Waals surface area contributed by atoms with E-state index in [0.29, 0.717) is 11.3 Å². The Hall–Kier alpha value is -2.65. The van der Waals surface area contributed by atoms with Gasteiger partial charge in [0.1, 0.15) is 0 Å². The first-order valence-corrected chi connectivity index (χ1v) is 7.38. The molecule has 24 heavy (non-hydrogen) atoms. The fourth-order valence-electron chi connectivity index (χ4n) is 1.83. The average Bonchev–Trinajstić information content (AvgIpc) is 2.49. The van der Waals surface area contributed by atoms with Gasteiger partial charge in [-0.1, -0.05) is 11.6 Å². The van der Waals surface area contributed by atoms with E-state index in [1.807, 2.05) is 0 Å². The molecule has 0 saturated heterocycles. The zero-order chi connectivity index (χ0) is 17.7. The van der Waals surface area contributed by atoms with Crippen LogP contribution in [-0.2, 0) is 11.2 Å². The Bertz CT molecular complexity index is 878. The van der Waals surface area contributed by atoms with Gasteiger partial charge in [0.15, 0.2) is 16.3 Å². The van der Waals surface area contributed by atoms with E-state index in [9.17, 15) is 14.7 Å². The topological polar surface area (TPSA) is 120 Å². The lowest BCUT2D eigenvalue weighted by molar-refractivity contribution is -0.120. The molecule has 8 nitrogen and oxygen atoms in total. The Labute approximate surface area is 146 Å². The number of phenols is 1. The Kier molecular flexibility index (Phi) is 5.72. The number of benzene rings is 1. The lowest BCUT2D eigenvalue weighted by atomic mass is 10.2. The highest BCUT2D eigenvalue weighted by Gasteiger charge is 2.08. The molecule has 0 atom stereocenters. The van der Waals surface area contributed by atoms with Crippen LogP contribution in [-0.4, -0.2) is 34.3 Å². The van der Waals surface area contributed by atoms with Gasteiger partial charge in [0.2, 0.25) is 5.91 Å². The minimum absolute atomic E-state index is 0.0927. The maximum absolute atomic E-state index is 11.8. The summed E-state index contributed by atoms with van der Waals surface area (Å²) in [6, 6.07) is 4.21. The van der Waals surface area contributed by atoms with E-state index in [2.05, 4.69) is 20.5 Å². The quantitative estimate of drug-likeness (QED) is 0.362. The van der Waals surface area contributed by atoms with Crippen molar-refractivity contribution in [2.24, 2.45) is 5.10 Å². The standard InChI is InChI=1S/C14H13ClN4O4S/c1-23-10-3-7(2-9(15)13(10)22)6-16-19-12(21)5-8-4-11(20)18-14(24)17-8/h2-4,6,22H,5H2,1H3,(H,19,21)(H2,17,18,20,24)/b16-6+. The first-order chi connectivity index (χ1) is 11.4. The second-order valence-electron chi connectivity index (χ2n) is 4.64. The van der Waals surface area contributed by atoms with Crippen LogP contribution in [0.5, 0.6) is 11.5 Å². The number of phenolic OH excluding ortho intramolecular Hbond substituents is 1. The number of nitrogens with one attached hydrogen (secondary N) is 3. The number of aromatic nitrogens is 2. The van der Waals surface area contributed by atoms with Crippen LogP contribution in [0.25, 0.3) is 0 Å². The van der Waals surface area contributed by atoms with Crippen molar-refractivity contribution in [3.8, 4) is 11.5 Å². The molecular weight excluding hydrogens is 356 g/mol. The van der Waals surface area contributed by atoms with Gasteiger partial charge in [0.05, 0.1) is 24.8 Å². The Morgan fingerprint density at radius 1 is 1.46 bits per heavy atom. The van der Waals surface area contributed by atoms with E-state index in [0.717, 1.165) is 0 Å². The molecule has 4 N–H and O–H groups in total. The van der Waals surface area contributed by atoms with Crippen LogP contribution in [0.3, 0.4) is 0 Å². The smallest absolute Gasteiger partial charge is 0.251 e. The molecule has 0 aliphatic rings. The monoisotopic (exact) mass is 368 g/mol. The number of carbonyl (C=O) groups is 1. The third-order valence-corrected chi connectivity index (χ3v) is 3.33. The zero-order valence-electron chi connectivity index (χ0n) is 12.4. The van der Waals surface area contributed by atoms with Gasteiger partial charge in [0, 0.05) is 11.8 Å². The fourth-order valence-corrected chi connectivity index (χ4v) is 2.28. The first-order valence-electron chi connectivity index (χ1n) is 6.60. The van der Waals surface area contributed by atoms with E-state index in [-0.39, 0.29) is 27.7 Å². The molecule has 1 aromatic heterocycles. The zero-order valence-corrected chi connectivity index (χ0v) is 14.0. The van der Waals surface area contributed by atoms with Gasteiger partial charge in [-0.3, -0.25) is 14.6 Å². The Morgan fingerprint density at radius 2 is 2.21 bits per heavy atom. The highest BCUT2D eigenvalue weighted by atomic mass is 35.5. The van der Waals surface area contributed by atoms with Crippen LogP contribution in [0.1, 0.15) is 11.3 Å². The Morgan fingerprint density at radius 3 is 2.88 bits per heavy atom. The number of rotatable bonds is 5. The van der Waals surface area contributed by atoms with Gasteiger partial charge in [-0.05, 0) is 29.9 Å². The first kappa shape index (κ1) is 17.7. The molecule has 0 aliphatic heterocycles. The predicted octanol–water partition coefficient (Wildman–Crippen LogP) is 1.49. The molecule has 0 spiro atoms. The minimum Gasteiger partial charge on any atom is -0.503 e. The number of hydrogen-bond donors (Lipinski definition) is 4. The number of hydrazone groups is 1. The average molecular weight is 369 g/mol. The molecule has 0 radical (unpaired) electrons. The SMILES string of the molecule is COc1cc(/C=N/NC(=O)Cc2cc(=O)[nH]c(=S)[nH]2)cc(Cl)c1O. The van der Waals surface area contributed by atoms with Gasteiger partial charge < -0.3 is 14.8 Å². The molecule has 2 aromatic rings. The third kappa shape index (κ3) is 4.67. The van der Waals surface area contributed by atoms with E-state index < -0.39 is 11.5 Å². The van der Waals surface area contributed by atoms with Crippen molar-refractivity contribution in [3.63, 3.8) is 0 Å². The van der Waals surface area contributed by atoms with Crippen LogP contribution in [0.2, 0.25) is 5.02 Å². The van der Waals surface area contributed by atoms with Crippen molar-refractivity contribution in [2.75, 3.05) is 7.11 Å². The maximum atomic E-state index is 11.8. The van der Waals surface area contributed by atoms with Crippen LogP contribution >= 0.6 is 23.8 Å². The lowest BCUT2D eigenvalue weighted by Gasteiger charge is -2.06. The summed E-state index contributed by atoms with van der Waals surface area (Å²) in [7, 11) is 1.39. The summed E-state index contributed by atoms with van der Waals surface area (Å²) in [6.07, 6.45) is 1.25. The highest BCUT2D eigenvalue weighted by molar-refractivity contribution is 7.71. The second-order valence-corrected chi connectivity index (χ2v) is 5.45. The molecule has 2 rings (SSSR count). The van der Waals surface area contributed by atoms with Crippen molar-refractivity contribution in [2.45, 2.75) is 6.42 Å². The van der Waals surface area contributed by atoms with Crippen LogP contribution in [0, 0.1) is 4.77 Å². The molecular formula is C14H13ClN4O4S. The summed E-state index contributed by atoms with van der Waals surface area (Å²) in [5.74, 6) is -0.435. The Balaban J connectivity index is 2.03. The number of methoxy groups -OCH3 is 1. The van der Waals surface area contributed by atoms with E-state index in [1.54, 1.807) is 0 Å². The molecule has 1 heterocycles. The summed E-state index contributed by atoms with van der Waals surface area (Å²) in [5, 5.41) is 13.5. The predicted molar refractivity (Wildman–Crippen MR) is 91.4 cm³/mol. The van der Waals surface area contributed by atoms with E-state index in [1.165, 1.54) is 31.5 Å². The summed E-state index contributed by atoms with van der Waals surface area (Å²) in [4.78, 5) is 28.1. The van der Waals surface area contributed by atoms with Gasteiger partial charge in [-0.25, -0.2) is 5.43 Å². The minimum atomic E-state index is -0.445. The highest BCUT2D eigenvalue weighted by Crippen LogP contribution is 2.34. The number of halogens is 1. The van der Waals surface area contributed by atoms with Gasteiger partial charge in [0.25, 0.3) is 5.56 Å². The van der Waals surface area contributed by atoms with Gasteiger partial charge >= 0.3 is 0 Å². The lowest BCUT2D eigenvalue weighted by Crippen LogP contribution is -2.21. The normalized spacial score (nSPS) is 10.8. The van der Waals surface area contributed by atoms with Crippen molar-refractivity contribution >= 4 is 35.9 Å². The van der Waals surface area contributed by atoms with E-state index >= 15 is 0 Å². The molecule has 10 heteroatoms. The number of nitrogens with zero attached hydrogens (tertiary/aromatic N) is 1. The number of H-pyrrole nitrogens is 2. The summed E-state index contributed by atoms with van der Waals surface area (Å²) in [6.45, 7) is 0. The number of ether oxygens (including phenoxy) is 1. The van der Waals surface area contributed by atoms with Crippen molar-refractivity contribution in [1.29, 1.82) is 0 Å². The fraction of sp³-hybridized carbons (Fsp3) is 0.143. The molecule has 0 unspecified atom stereocenters. The molecule has 0 bridgehead atoms. The number of carbonyl (C=O) groups excluding carboxylic acids is 1. The molecule has 0 aliphatic carbocycles. The second kappa shape index (κ2) is 7.75. The largest absolute Gasteiger partial charge is 0.503 e. The van der Waals surface area contributed by atoms with Crippen molar-refractivity contribution in [3.05, 3.63) is 49.6 Å². The molecule has 1 amide bonds. The molecule has 0 saturated carbocycles. The van der Waals surface area contributed by atoms with Gasteiger partial charge in [-0.2, -0.15) is 5.10 Å². The van der Waals surface area contributed by atoms with Crippen molar-refractivity contribution < 1.29 is 14.6 Å². The summed E-state index contributed by atoms with van der Waals surface area (Å²) >= 11 is 10.7. The number of amides is 1. The van der Waals surface area contributed by atoms with E-state index in [4.69, 9.17) is 28.6 Å². The van der Waals surface area contributed by atoms with Crippen LogP contribution in [0.4, 0.5) is 0 Å². The molecule has 0 fully saturated rings. The third-order valence-electron chi connectivity index (χ3n) is 2.84. The van der Waals surface area contributed by atoms with Gasteiger partial charge in [-0.15, -0.1) is 0 Å². The molecule has 126 valence electrons. The molecule has 1 aromatic carbocycles. The summed E-state index contributed by atoms with van der Waals surface area (Å²) in [5.41, 5.74) is 2.80. The van der Waals surface area contributed by atoms with Crippen molar-refractivity contribution in [1.82, 2.24) is 15.4 Å². The maximum Gasteiger partial charge on any atom is 0.251 e. The number of hydrogen-bond acceptors (Lipinski definition) is 6.